The van der Waals surface area contributed by atoms with Crippen molar-refractivity contribution in [3.05, 3.63) is 46.1 Å². The highest BCUT2D eigenvalue weighted by molar-refractivity contribution is 9.10. The number of hydrogen-bond acceptors (Lipinski definition) is 5. The van der Waals surface area contributed by atoms with Crippen molar-refractivity contribution in [3.63, 3.8) is 0 Å². The van der Waals surface area contributed by atoms with Gasteiger partial charge in [-0.2, -0.15) is 4.52 Å². The van der Waals surface area contributed by atoms with Gasteiger partial charge in [-0.3, -0.25) is 4.79 Å². The molecular formula is C20H20BrN5O2. The van der Waals surface area contributed by atoms with Gasteiger partial charge in [-0.05, 0) is 71.8 Å². The Labute approximate surface area is 170 Å². The minimum atomic E-state index is -0.00980. The highest BCUT2D eigenvalue weighted by Gasteiger charge is 2.29. The fraction of sp³-hybridized carbons (Fsp3) is 0.350. The molecule has 1 fully saturated rings. The van der Waals surface area contributed by atoms with Gasteiger partial charge in [0.1, 0.15) is 5.82 Å². The lowest BCUT2D eigenvalue weighted by Gasteiger charge is -2.36. The van der Waals surface area contributed by atoms with Crippen LogP contribution in [-0.4, -0.2) is 38.5 Å². The molecule has 0 aromatic carbocycles. The van der Waals surface area contributed by atoms with Crippen molar-refractivity contribution in [2.75, 3.05) is 18.8 Å². The number of hydrogen-bond donors (Lipinski definition) is 1. The molecule has 0 bridgehead atoms. The number of fused-ring (bicyclic) bond motifs is 2. The first-order valence-electron chi connectivity index (χ1n) is 9.49. The third-order valence-electron chi connectivity index (χ3n) is 5.60. The number of piperidine rings is 1. The standard InChI is InChI=1S/C20H20BrN5O2/c21-16-6-5-15(28-16)19-23-18-10-14(9-17(22)26(18)24-19)20(27)25-8-7-12-3-1-2-4-13(12)11-25/h4-6,9-10,12H,1-3,7-8,11,22H2. The largest absolute Gasteiger partial charge is 0.446 e. The van der Waals surface area contributed by atoms with Crippen LogP contribution in [0.4, 0.5) is 5.82 Å². The van der Waals surface area contributed by atoms with Crippen LogP contribution in [0, 0.1) is 5.92 Å². The van der Waals surface area contributed by atoms with Gasteiger partial charge < -0.3 is 15.1 Å². The Hall–Kier alpha value is -2.61. The number of carbonyl (C=O) groups excluding carboxylic acids is 1. The molecule has 7 nitrogen and oxygen atoms in total. The Morgan fingerprint density at radius 3 is 3.00 bits per heavy atom. The van der Waals surface area contributed by atoms with Crippen molar-refractivity contribution >= 4 is 33.3 Å². The lowest BCUT2D eigenvalue weighted by Crippen LogP contribution is -2.40. The number of amides is 1. The zero-order chi connectivity index (χ0) is 19.3. The van der Waals surface area contributed by atoms with Crippen LogP contribution >= 0.6 is 15.9 Å². The predicted molar refractivity (Wildman–Crippen MR) is 109 cm³/mol. The van der Waals surface area contributed by atoms with Crippen LogP contribution in [0.2, 0.25) is 0 Å². The van der Waals surface area contributed by atoms with Gasteiger partial charge >= 0.3 is 0 Å². The molecule has 3 aromatic rings. The van der Waals surface area contributed by atoms with Gasteiger partial charge in [-0.25, -0.2) is 4.98 Å². The van der Waals surface area contributed by atoms with Crippen LogP contribution in [0.15, 0.2) is 45.0 Å². The van der Waals surface area contributed by atoms with E-state index in [1.54, 1.807) is 24.3 Å². The van der Waals surface area contributed by atoms with E-state index in [0.29, 0.717) is 45.7 Å². The van der Waals surface area contributed by atoms with E-state index in [0.717, 1.165) is 19.4 Å². The molecule has 1 saturated heterocycles. The topological polar surface area (TPSA) is 89.7 Å². The highest BCUT2D eigenvalue weighted by Crippen LogP contribution is 2.32. The average molecular weight is 442 g/mol. The first-order chi connectivity index (χ1) is 13.6. The first-order valence-corrected chi connectivity index (χ1v) is 10.3. The molecule has 1 amide bonds. The number of allylic oxidation sites excluding steroid dienone is 1. The molecule has 144 valence electrons. The molecule has 1 unspecified atom stereocenters. The predicted octanol–water partition coefficient (Wildman–Crippen LogP) is 3.91. The van der Waals surface area contributed by atoms with Crippen LogP contribution in [-0.2, 0) is 0 Å². The molecule has 0 spiro atoms. The third-order valence-corrected chi connectivity index (χ3v) is 6.03. The van der Waals surface area contributed by atoms with Crippen molar-refractivity contribution in [1.29, 1.82) is 0 Å². The maximum Gasteiger partial charge on any atom is 0.254 e. The van der Waals surface area contributed by atoms with Gasteiger partial charge in [-0.15, -0.1) is 5.10 Å². The normalized spacial score (nSPS) is 19.5. The molecule has 1 aliphatic carbocycles. The van der Waals surface area contributed by atoms with Crippen LogP contribution in [0.3, 0.4) is 0 Å². The Kier molecular flexibility index (Phi) is 4.23. The smallest absolute Gasteiger partial charge is 0.254 e. The summed E-state index contributed by atoms with van der Waals surface area (Å²) in [6.07, 6.45) is 6.99. The van der Waals surface area contributed by atoms with Gasteiger partial charge in [0, 0.05) is 18.7 Å². The van der Waals surface area contributed by atoms with Crippen molar-refractivity contribution in [1.82, 2.24) is 19.5 Å². The van der Waals surface area contributed by atoms with E-state index in [2.05, 4.69) is 32.1 Å². The molecule has 1 aliphatic heterocycles. The number of anilines is 1. The monoisotopic (exact) mass is 441 g/mol. The Morgan fingerprint density at radius 2 is 2.18 bits per heavy atom. The van der Waals surface area contributed by atoms with Crippen LogP contribution in [0.25, 0.3) is 17.2 Å². The van der Waals surface area contributed by atoms with Crippen LogP contribution in [0.5, 0.6) is 0 Å². The minimum Gasteiger partial charge on any atom is -0.446 e. The van der Waals surface area contributed by atoms with Crippen molar-refractivity contribution in [2.45, 2.75) is 25.7 Å². The summed E-state index contributed by atoms with van der Waals surface area (Å²) >= 11 is 3.28. The van der Waals surface area contributed by atoms with Crippen LogP contribution in [0.1, 0.15) is 36.0 Å². The molecular weight excluding hydrogens is 422 g/mol. The van der Waals surface area contributed by atoms with Gasteiger partial charge in [-0.1, -0.05) is 11.6 Å². The number of nitrogens with zero attached hydrogens (tertiary/aromatic N) is 4. The van der Waals surface area contributed by atoms with E-state index in [1.165, 1.54) is 22.9 Å². The number of nitrogen functional groups attached to an aromatic ring is 1. The van der Waals surface area contributed by atoms with Gasteiger partial charge in [0.2, 0.25) is 5.82 Å². The van der Waals surface area contributed by atoms with Gasteiger partial charge in [0.15, 0.2) is 16.1 Å². The summed E-state index contributed by atoms with van der Waals surface area (Å²) in [7, 11) is 0. The lowest BCUT2D eigenvalue weighted by molar-refractivity contribution is 0.0730. The number of rotatable bonds is 2. The minimum absolute atomic E-state index is 0.00980. The number of likely N-dealkylation sites (tertiary alicyclic amines) is 1. The molecule has 4 heterocycles. The number of furan rings is 1. The van der Waals surface area contributed by atoms with Crippen molar-refractivity contribution in [3.8, 4) is 11.6 Å². The Balaban J connectivity index is 1.45. The summed E-state index contributed by atoms with van der Waals surface area (Å²) in [5.41, 5.74) is 8.64. The molecule has 1 atom stereocenters. The molecule has 8 heteroatoms. The number of aromatic nitrogens is 3. The summed E-state index contributed by atoms with van der Waals surface area (Å²) in [4.78, 5) is 19.5. The zero-order valence-electron chi connectivity index (χ0n) is 15.3. The molecule has 0 radical (unpaired) electrons. The maximum absolute atomic E-state index is 13.1. The van der Waals surface area contributed by atoms with E-state index >= 15 is 0 Å². The summed E-state index contributed by atoms with van der Waals surface area (Å²) in [5, 5.41) is 4.39. The second-order valence-corrected chi connectivity index (χ2v) is 8.18. The van der Waals surface area contributed by atoms with Gasteiger partial charge in [0.25, 0.3) is 5.91 Å². The van der Waals surface area contributed by atoms with Crippen molar-refractivity contribution < 1.29 is 9.21 Å². The molecule has 3 aromatic heterocycles. The Morgan fingerprint density at radius 1 is 1.29 bits per heavy atom. The number of pyridine rings is 1. The highest BCUT2D eigenvalue weighted by atomic mass is 79.9. The van der Waals surface area contributed by atoms with Gasteiger partial charge in [0.05, 0.1) is 0 Å². The molecule has 2 N–H and O–H groups in total. The fourth-order valence-electron chi connectivity index (χ4n) is 4.17. The second-order valence-electron chi connectivity index (χ2n) is 7.40. The van der Waals surface area contributed by atoms with Crippen molar-refractivity contribution in [2.24, 2.45) is 5.92 Å². The summed E-state index contributed by atoms with van der Waals surface area (Å²) in [5.74, 6) is 1.97. The van der Waals surface area contributed by atoms with E-state index in [4.69, 9.17) is 10.2 Å². The number of nitrogens with two attached hydrogens (primary N) is 1. The molecule has 2 aliphatic rings. The fourth-order valence-corrected chi connectivity index (χ4v) is 4.47. The van der Waals surface area contributed by atoms with E-state index in [1.807, 2.05) is 4.90 Å². The molecule has 0 saturated carbocycles. The molecule has 28 heavy (non-hydrogen) atoms. The summed E-state index contributed by atoms with van der Waals surface area (Å²) in [6, 6.07) is 6.98. The van der Waals surface area contributed by atoms with Crippen LogP contribution < -0.4 is 5.73 Å². The van der Waals surface area contributed by atoms with E-state index < -0.39 is 0 Å². The zero-order valence-corrected chi connectivity index (χ0v) is 16.9. The van der Waals surface area contributed by atoms with E-state index in [-0.39, 0.29) is 5.91 Å². The summed E-state index contributed by atoms with van der Waals surface area (Å²) < 4.78 is 7.65. The summed E-state index contributed by atoms with van der Waals surface area (Å²) in [6.45, 7) is 1.50. The van der Waals surface area contributed by atoms with E-state index in [9.17, 15) is 4.79 Å². The SMILES string of the molecule is Nc1cc(C(=O)N2CCC3CCCC=C3C2)cc2nc(-c3ccc(Br)o3)nn12. The number of carbonyl (C=O) groups is 1. The first kappa shape index (κ1) is 17.5. The average Bonchev–Trinajstić information content (AvgIpc) is 3.33. The lowest BCUT2D eigenvalue weighted by atomic mass is 9.82. The Bertz CT molecular complexity index is 1100. The quantitative estimate of drug-likeness (QED) is 0.608. The number of halogens is 1. The third kappa shape index (κ3) is 3.01. The maximum atomic E-state index is 13.1. The molecule has 5 rings (SSSR count). The second kappa shape index (κ2) is 6.77.